The van der Waals surface area contributed by atoms with E-state index in [1.54, 1.807) is 29.6 Å². The second-order valence-corrected chi connectivity index (χ2v) is 5.82. The Labute approximate surface area is 147 Å². The lowest BCUT2D eigenvalue weighted by Crippen LogP contribution is -2.34. The Hall–Kier alpha value is -3.33. The number of primary amides is 1. The molecule has 1 aromatic heterocycles. The summed E-state index contributed by atoms with van der Waals surface area (Å²) < 4.78 is 0. The van der Waals surface area contributed by atoms with Gasteiger partial charge in [-0.25, -0.2) is 9.98 Å². The van der Waals surface area contributed by atoms with Crippen molar-refractivity contribution in [3.05, 3.63) is 47.6 Å². The number of nitrogens with zero attached hydrogens (tertiary/aromatic N) is 2. The van der Waals surface area contributed by atoms with Crippen LogP contribution in [0.3, 0.4) is 0 Å². The molecule has 2 rings (SSSR count). The van der Waals surface area contributed by atoms with Crippen LogP contribution in [0.5, 0.6) is 0 Å². The molecule has 0 atom stereocenters. The van der Waals surface area contributed by atoms with Crippen LogP contribution in [0.15, 0.2) is 46.9 Å². The summed E-state index contributed by atoms with van der Waals surface area (Å²) in [4.78, 5) is 42.6. The molecular formula is C16H15N5O3S. The second kappa shape index (κ2) is 7.49. The number of nitrogens with one attached hydrogen (secondary N) is 1. The first-order valence-electron chi connectivity index (χ1n) is 6.99. The number of carbonyl (C=O) groups excluding carboxylic acids is 3. The number of nitrogen functional groups attached to an aromatic ring is 1. The van der Waals surface area contributed by atoms with Crippen molar-refractivity contribution in [1.82, 2.24) is 10.3 Å². The minimum absolute atomic E-state index is 0.109. The van der Waals surface area contributed by atoms with Gasteiger partial charge in [0.2, 0.25) is 0 Å². The number of anilines is 1. The van der Waals surface area contributed by atoms with Crippen molar-refractivity contribution < 1.29 is 14.4 Å². The summed E-state index contributed by atoms with van der Waals surface area (Å²) >= 11 is 1.27. The smallest absolute Gasteiger partial charge is 0.296 e. The van der Waals surface area contributed by atoms with Gasteiger partial charge in [0.05, 0.1) is 5.70 Å². The van der Waals surface area contributed by atoms with Gasteiger partial charge in [-0.3, -0.25) is 14.4 Å². The van der Waals surface area contributed by atoms with Crippen molar-refractivity contribution in [2.24, 2.45) is 10.7 Å². The van der Waals surface area contributed by atoms with Gasteiger partial charge in [-0.05, 0) is 31.2 Å². The van der Waals surface area contributed by atoms with Crippen LogP contribution in [-0.4, -0.2) is 28.4 Å². The maximum Gasteiger partial charge on any atom is 0.296 e. The molecule has 1 aromatic carbocycles. The molecule has 0 bridgehead atoms. The fourth-order valence-electron chi connectivity index (χ4n) is 1.68. The van der Waals surface area contributed by atoms with Crippen molar-refractivity contribution in [3.8, 4) is 10.6 Å². The predicted molar refractivity (Wildman–Crippen MR) is 95.9 cm³/mol. The Balaban J connectivity index is 2.13. The van der Waals surface area contributed by atoms with E-state index in [1.165, 1.54) is 18.3 Å². The third-order valence-electron chi connectivity index (χ3n) is 3.04. The number of hydrogen-bond acceptors (Lipinski definition) is 6. The zero-order valence-corrected chi connectivity index (χ0v) is 14.1. The van der Waals surface area contributed by atoms with Gasteiger partial charge in [0.15, 0.2) is 0 Å². The quantitative estimate of drug-likeness (QED) is 0.417. The molecule has 0 aliphatic carbocycles. The molecule has 3 amide bonds. The molecule has 0 radical (unpaired) electrons. The van der Waals surface area contributed by atoms with Crippen molar-refractivity contribution in [1.29, 1.82) is 0 Å². The Morgan fingerprint density at radius 2 is 1.88 bits per heavy atom. The Morgan fingerprint density at radius 1 is 1.24 bits per heavy atom. The maximum absolute atomic E-state index is 12.1. The lowest BCUT2D eigenvalue weighted by atomic mass is 10.2. The number of nitrogens with two attached hydrogens (primary N) is 2. The van der Waals surface area contributed by atoms with E-state index in [-0.39, 0.29) is 17.1 Å². The van der Waals surface area contributed by atoms with E-state index < -0.39 is 17.7 Å². The maximum atomic E-state index is 12.1. The number of aliphatic imine (C=N–C) groups is 1. The molecule has 2 aromatic rings. The lowest BCUT2D eigenvalue weighted by Gasteiger charge is -2.03. The SMILES string of the molecule is C=C(NC(=O)C(C)=NC(=O)c1csc(-c2ccc(N)cc2)n1)C(N)=O. The Kier molecular flexibility index (Phi) is 5.40. The van der Waals surface area contributed by atoms with Crippen LogP contribution in [0.4, 0.5) is 5.69 Å². The van der Waals surface area contributed by atoms with Crippen molar-refractivity contribution in [2.75, 3.05) is 5.73 Å². The highest BCUT2D eigenvalue weighted by Gasteiger charge is 2.15. The summed E-state index contributed by atoms with van der Waals surface area (Å²) in [5, 5.41) is 4.33. The molecule has 0 fully saturated rings. The van der Waals surface area contributed by atoms with Crippen LogP contribution in [0.1, 0.15) is 17.4 Å². The number of hydrogen-bond donors (Lipinski definition) is 3. The fraction of sp³-hybridized carbons (Fsp3) is 0.0625. The van der Waals surface area contributed by atoms with E-state index in [0.29, 0.717) is 10.7 Å². The van der Waals surface area contributed by atoms with Crippen molar-refractivity contribution >= 4 is 40.5 Å². The molecule has 0 unspecified atom stereocenters. The van der Waals surface area contributed by atoms with Gasteiger partial charge in [0, 0.05) is 16.6 Å². The first kappa shape index (κ1) is 18.0. The van der Waals surface area contributed by atoms with Gasteiger partial charge < -0.3 is 16.8 Å². The highest BCUT2D eigenvalue weighted by atomic mass is 32.1. The standard InChI is InChI=1S/C16H15N5O3S/c1-8(13(18)22)19-14(23)9(2)20-15(24)12-7-25-16(21-12)10-3-5-11(17)6-4-10/h3-7H,1,17H2,2H3,(H2,18,22)(H,19,23). The third kappa shape index (κ3) is 4.58. The number of amides is 3. The first-order chi connectivity index (χ1) is 11.8. The van der Waals surface area contributed by atoms with Crippen LogP contribution in [0.25, 0.3) is 10.6 Å². The average molecular weight is 357 g/mol. The van der Waals surface area contributed by atoms with Crippen LogP contribution in [0, 0.1) is 0 Å². The molecule has 0 aliphatic rings. The number of benzene rings is 1. The van der Waals surface area contributed by atoms with E-state index in [9.17, 15) is 14.4 Å². The fourth-order valence-corrected chi connectivity index (χ4v) is 2.48. The Bertz CT molecular complexity index is 883. The highest BCUT2D eigenvalue weighted by Crippen LogP contribution is 2.24. The number of thiazole rings is 1. The molecular weight excluding hydrogens is 342 g/mol. The summed E-state index contributed by atoms with van der Waals surface area (Å²) in [7, 11) is 0. The summed E-state index contributed by atoms with van der Waals surface area (Å²) in [6, 6.07) is 7.05. The van der Waals surface area contributed by atoms with E-state index in [2.05, 4.69) is 21.9 Å². The van der Waals surface area contributed by atoms with Gasteiger partial charge >= 0.3 is 0 Å². The van der Waals surface area contributed by atoms with Crippen molar-refractivity contribution in [2.45, 2.75) is 6.92 Å². The predicted octanol–water partition coefficient (Wildman–Crippen LogP) is 1.11. The van der Waals surface area contributed by atoms with E-state index in [1.807, 2.05) is 0 Å². The van der Waals surface area contributed by atoms with Gasteiger partial charge in [0.25, 0.3) is 17.7 Å². The van der Waals surface area contributed by atoms with Crippen LogP contribution in [-0.2, 0) is 9.59 Å². The molecule has 0 spiro atoms. The molecule has 8 nitrogen and oxygen atoms in total. The van der Waals surface area contributed by atoms with E-state index in [4.69, 9.17) is 11.5 Å². The topological polar surface area (TPSA) is 141 Å². The molecule has 5 N–H and O–H groups in total. The molecule has 1 heterocycles. The van der Waals surface area contributed by atoms with E-state index in [0.717, 1.165) is 5.56 Å². The largest absolute Gasteiger partial charge is 0.399 e. The van der Waals surface area contributed by atoms with Gasteiger partial charge in [0.1, 0.15) is 16.4 Å². The average Bonchev–Trinajstić information content (AvgIpc) is 3.05. The van der Waals surface area contributed by atoms with Crippen molar-refractivity contribution in [3.63, 3.8) is 0 Å². The minimum Gasteiger partial charge on any atom is -0.399 e. The molecule has 128 valence electrons. The lowest BCUT2D eigenvalue weighted by molar-refractivity contribution is -0.118. The molecule has 9 heteroatoms. The minimum atomic E-state index is -0.875. The number of carbonyl (C=O) groups is 3. The van der Waals surface area contributed by atoms with E-state index >= 15 is 0 Å². The van der Waals surface area contributed by atoms with Crippen LogP contribution < -0.4 is 16.8 Å². The monoisotopic (exact) mass is 357 g/mol. The molecule has 0 saturated heterocycles. The van der Waals surface area contributed by atoms with Crippen LogP contribution >= 0.6 is 11.3 Å². The zero-order valence-electron chi connectivity index (χ0n) is 13.3. The normalized spacial score (nSPS) is 11.0. The highest BCUT2D eigenvalue weighted by molar-refractivity contribution is 7.13. The first-order valence-corrected chi connectivity index (χ1v) is 7.87. The van der Waals surface area contributed by atoms with Gasteiger partial charge in [-0.15, -0.1) is 11.3 Å². The van der Waals surface area contributed by atoms with Gasteiger partial charge in [-0.2, -0.15) is 0 Å². The van der Waals surface area contributed by atoms with Gasteiger partial charge in [-0.1, -0.05) is 6.58 Å². The second-order valence-electron chi connectivity index (χ2n) is 4.96. The van der Waals surface area contributed by atoms with Crippen LogP contribution in [0.2, 0.25) is 0 Å². The molecule has 0 saturated carbocycles. The number of aromatic nitrogens is 1. The summed E-state index contributed by atoms with van der Waals surface area (Å²) in [5.74, 6) is -2.29. The summed E-state index contributed by atoms with van der Waals surface area (Å²) in [5.41, 5.74) is 11.7. The summed E-state index contributed by atoms with van der Waals surface area (Å²) in [6.45, 7) is 4.62. The number of rotatable bonds is 5. The Morgan fingerprint density at radius 3 is 2.48 bits per heavy atom. The third-order valence-corrected chi connectivity index (χ3v) is 3.93. The summed E-state index contributed by atoms with van der Waals surface area (Å²) in [6.07, 6.45) is 0. The molecule has 25 heavy (non-hydrogen) atoms. The molecule has 0 aliphatic heterocycles. The zero-order chi connectivity index (χ0) is 18.6.